The van der Waals surface area contributed by atoms with E-state index in [0.29, 0.717) is 12.2 Å². The molecule has 2 N–H and O–H groups in total. The number of nitrogen functional groups attached to an aromatic ring is 1. The molecule has 0 radical (unpaired) electrons. The summed E-state index contributed by atoms with van der Waals surface area (Å²) in [5.74, 6) is 0.844. The highest BCUT2D eigenvalue weighted by Crippen LogP contribution is 2.42. The Hall–Kier alpha value is -2.49. The Morgan fingerprint density at radius 3 is 2.64 bits per heavy atom. The first kappa shape index (κ1) is 14.4. The highest BCUT2D eigenvalue weighted by atomic mass is 16.5. The van der Waals surface area contributed by atoms with Gasteiger partial charge in [0.2, 0.25) is 0 Å². The minimum Gasteiger partial charge on any atom is -0.482 e. The standard InChI is InChI=1S/C18H20N2O2/c1-12(13(2)21)20-11-17(14-7-4-3-5-8-14)22-16-10-6-9-15(19)18(16)20/h3-10,12,17H,11,19H2,1-2H3. The lowest BCUT2D eigenvalue weighted by Gasteiger charge is -2.39. The molecule has 1 aliphatic rings. The van der Waals surface area contributed by atoms with E-state index in [-0.39, 0.29) is 17.9 Å². The summed E-state index contributed by atoms with van der Waals surface area (Å²) >= 11 is 0. The van der Waals surface area contributed by atoms with E-state index >= 15 is 0 Å². The van der Waals surface area contributed by atoms with Gasteiger partial charge in [-0.05, 0) is 31.5 Å². The Morgan fingerprint density at radius 2 is 1.95 bits per heavy atom. The van der Waals surface area contributed by atoms with Gasteiger partial charge in [0.05, 0.1) is 18.3 Å². The number of carbonyl (C=O) groups is 1. The molecule has 4 heteroatoms. The Bertz CT molecular complexity index is 685. The van der Waals surface area contributed by atoms with Gasteiger partial charge in [0.1, 0.15) is 17.5 Å². The van der Waals surface area contributed by atoms with Gasteiger partial charge in [0.15, 0.2) is 5.78 Å². The normalized spacial score (nSPS) is 18.3. The van der Waals surface area contributed by atoms with Crippen LogP contribution in [0.1, 0.15) is 25.5 Å². The van der Waals surface area contributed by atoms with E-state index in [4.69, 9.17) is 10.5 Å². The van der Waals surface area contributed by atoms with Crippen LogP contribution in [0.25, 0.3) is 0 Å². The molecule has 114 valence electrons. The van der Waals surface area contributed by atoms with Crippen LogP contribution in [0, 0.1) is 0 Å². The number of benzene rings is 2. The lowest BCUT2D eigenvalue weighted by Crippen LogP contribution is -2.44. The first-order chi connectivity index (χ1) is 10.6. The highest BCUT2D eigenvalue weighted by molar-refractivity contribution is 5.88. The number of ether oxygens (including phenoxy) is 1. The summed E-state index contributed by atoms with van der Waals surface area (Å²) in [5.41, 5.74) is 8.67. The molecular formula is C18H20N2O2. The van der Waals surface area contributed by atoms with E-state index in [2.05, 4.69) is 0 Å². The second-order valence-corrected chi connectivity index (χ2v) is 5.65. The van der Waals surface area contributed by atoms with Crippen LogP contribution in [0.2, 0.25) is 0 Å². The van der Waals surface area contributed by atoms with Crippen LogP contribution < -0.4 is 15.4 Å². The van der Waals surface area contributed by atoms with Gasteiger partial charge < -0.3 is 15.4 Å². The zero-order chi connectivity index (χ0) is 15.7. The molecule has 0 fully saturated rings. The van der Waals surface area contributed by atoms with Crippen molar-refractivity contribution in [2.45, 2.75) is 26.0 Å². The van der Waals surface area contributed by atoms with Crippen molar-refractivity contribution >= 4 is 17.2 Å². The molecule has 0 aromatic heterocycles. The molecule has 0 aliphatic carbocycles. The van der Waals surface area contributed by atoms with Crippen molar-refractivity contribution in [2.24, 2.45) is 0 Å². The maximum Gasteiger partial charge on any atom is 0.151 e. The van der Waals surface area contributed by atoms with Crippen molar-refractivity contribution < 1.29 is 9.53 Å². The van der Waals surface area contributed by atoms with Crippen molar-refractivity contribution in [2.75, 3.05) is 17.2 Å². The van der Waals surface area contributed by atoms with Gasteiger partial charge in [-0.1, -0.05) is 36.4 Å². The molecule has 4 nitrogen and oxygen atoms in total. The highest BCUT2D eigenvalue weighted by Gasteiger charge is 2.32. The van der Waals surface area contributed by atoms with Gasteiger partial charge >= 0.3 is 0 Å². The van der Waals surface area contributed by atoms with Crippen molar-refractivity contribution in [1.82, 2.24) is 0 Å². The predicted molar refractivity (Wildman–Crippen MR) is 88.2 cm³/mol. The second kappa shape index (κ2) is 5.72. The van der Waals surface area contributed by atoms with E-state index in [1.165, 1.54) is 0 Å². The number of nitrogens with zero attached hydrogens (tertiary/aromatic N) is 1. The number of nitrogens with two attached hydrogens (primary N) is 1. The number of carbonyl (C=O) groups excluding carboxylic acids is 1. The van der Waals surface area contributed by atoms with Crippen molar-refractivity contribution in [3.8, 4) is 5.75 Å². The maximum absolute atomic E-state index is 11.9. The van der Waals surface area contributed by atoms with Gasteiger partial charge in [0.25, 0.3) is 0 Å². The Labute approximate surface area is 130 Å². The van der Waals surface area contributed by atoms with Gasteiger partial charge in [-0.2, -0.15) is 0 Å². The molecule has 0 saturated carbocycles. The number of Topliss-reactive ketones (excluding diaryl/α,β-unsaturated/α-hetero) is 1. The fourth-order valence-corrected chi connectivity index (χ4v) is 2.81. The third kappa shape index (κ3) is 2.52. The van der Waals surface area contributed by atoms with Crippen LogP contribution in [-0.4, -0.2) is 18.4 Å². The molecule has 2 atom stereocenters. The van der Waals surface area contributed by atoms with Crippen molar-refractivity contribution in [1.29, 1.82) is 0 Å². The molecule has 1 heterocycles. The summed E-state index contributed by atoms with van der Waals surface area (Å²) in [6.45, 7) is 4.12. The smallest absolute Gasteiger partial charge is 0.151 e. The molecule has 0 spiro atoms. The predicted octanol–water partition coefficient (Wildman–Crippen LogP) is 3.19. The first-order valence-corrected chi connectivity index (χ1v) is 7.45. The average molecular weight is 296 g/mol. The van der Waals surface area contributed by atoms with Crippen LogP contribution in [0.4, 0.5) is 11.4 Å². The SMILES string of the molecule is CC(=O)C(C)N1CC(c2ccccc2)Oc2cccc(N)c21. The van der Waals surface area contributed by atoms with Crippen LogP contribution in [0.3, 0.4) is 0 Å². The molecule has 22 heavy (non-hydrogen) atoms. The molecular weight excluding hydrogens is 276 g/mol. The third-order valence-electron chi connectivity index (χ3n) is 4.18. The molecule has 3 rings (SSSR count). The number of hydrogen-bond acceptors (Lipinski definition) is 4. The number of rotatable bonds is 3. The molecule has 0 saturated heterocycles. The number of para-hydroxylation sites is 1. The van der Waals surface area contributed by atoms with Gasteiger partial charge in [0, 0.05) is 0 Å². The summed E-state index contributed by atoms with van der Waals surface area (Å²) in [6, 6.07) is 15.4. The molecule has 2 unspecified atom stereocenters. The lowest BCUT2D eigenvalue weighted by molar-refractivity contribution is -0.118. The van der Waals surface area contributed by atoms with Crippen LogP contribution in [-0.2, 0) is 4.79 Å². The monoisotopic (exact) mass is 296 g/mol. The van der Waals surface area contributed by atoms with E-state index in [0.717, 1.165) is 17.0 Å². The Morgan fingerprint density at radius 1 is 1.23 bits per heavy atom. The summed E-state index contributed by atoms with van der Waals surface area (Å²) in [5, 5.41) is 0. The van der Waals surface area contributed by atoms with E-state index in [1.54, 1.807) is 6.92 Å². The van der Waals surface area contributed by atoms with Crippen molar-refractivity contribution in [3.05, 3.63) is 54.1 Å². The third-order valence-corrected chi connectivity index (χ3v) is 4.18. The summed E-state index contributed by atoms with van der Waals surface area (Å²) in [7, 11) is 0. The van der Waals surface area contributed by atoms with Crippen LogP contribution in [0.5, 0.6) is 5.75 Å². The largest absolute Gasteiger partial charge is 0.482 e. The maximum atomic E-state index is 11.9. The minimum atomic E-state index is -0.237. The summed E-state index contributed by atoms with van der Waals surface area (Å²) in [4.78, 5) is 13.9. The topological polar surface area (TPSA) is 55.6 Å². The fourth-order valence-electron chi connectivity index (χ4n) is 2.81. The van der Waals surface area contributed by atoms with Gasteiger partial charge in [-0.25, -0.2) is 0 Å². The van der Waals surface area contributed by atoms with E-state index in [1.807, 2.05) is 60.4 Å². The number of anilines is 2. The van der Waals surface area contributed by atoms with E-state index < -0.39 is 0 Å². The molecule has 0 bridgehead atoms. The molecule has 0 amide bonds. The van der Waals surface area contributed by atoms with Crippen LogP contribution >= 0.6 is 0 Å². The average Bonchev–Trinajstić information content (AvgIpc) is 2.54. The quantitative estimate of drug-likeness (QED) is 0.884. The fraction of sp³-hybridized carbons (Fsp3) is 0.278. The minimum absolute atomic E-state index is 0.114. The Kier molecular flexibility index (Phi) is 3.75. The van der Waals surface area contributed by atoms with Crippen molar-refractivity contribution in [3.63, 3.8) is 0 Å². The van der Waals surface area contributed by atoms with Gasteiger partial charge in [-0.15, -0.1) is 0 Å². The summed E-state index contributed by atoms with van der Waals surface area (Å²) < 4.78 is 6.13. The lowest BCUT2D eigenvalue weighted by atomic mass is 10.0. The molecule has 2 aromatic carbocycles. The number of ketones is 1. The Balaban J connectivity index is 2.04. The molecule has 2 aromatic rings. The summed E-state index contributed by atoms with van der Waals surface area (Å²) in [6.07, 6.45) is -0.114. The van der Waals surface area contributed by atoms with E-state index in [9.17, 15) is 4.79 Å². The molecule has 1 aliphatic heterocycles. The first-order valence-electron chi connectivity index (χ1n) is 7.45. The zero-order valence-corrected chi connectivity index (χ0v) is 12.8. The second-order valence-electron chi connectivity index (χ2n) is 5.65. The zero-order valence-electron chi connectivity index (χ0n) is 12.8. The number of fused-ring (bicyclic) bond motifs is 1. The number of hydrogen-bond donors (Lipinski definition) is 1. The van der Waals surface area contributed by atoms with Gasteiger partial charge in [-0.3, -0.25) is 4.79 Å². The van der Waals surface area contributed by atoms with Crippen LogP contribution in [0.15, 0.2) is 48.5 Å².